The van der Waals surface area contributed by atoms with E-state index in [9.17, 15) is 14.7 Å². The number of carboxylic acid groups (broad SMARTS) is 1. The van der Waals surface area contributed by atoms with E-state index in [2.05, 4.69) is 5.32 Å². The Bertz CT molecular complexity index is 425. The summed E-state index contributed by atoms with van der Waals surface area (Å²) in [6.45, 7) is 4.82. The van der Waals surface area contributed by atoms with E-state index in [0.29, 0.717) is 5.56 Å². The van der Waals surface area contributed by atoms with Crippen LogP contribution >= 0.6 is 0 Å². The van der Waals surface area contributed by atoms with Crippen molar-refractivity contribution in [2.75, 3.05) is 0 Å². The maximum Gasteiger partial charge on any atom is 0.333 e. The number of rotatable bonds is 4. The summed E-state index contributed by atoms with van der Waals surface area (Å²) in [6, 6.07) is 7.22. The molecule has 4 nitrogen and oxygen atoms in total. The number of carbonyl (C=O) groups excluding carboxylic acids is 1. The van der Waals surface area contributed by atoms with Gasteiger partial charge in [0.1, 0.15) is 0 Å². The Labute approximate surface area is 101 Å². The first-order valence-electron chi connectivity index (χ1n) is 5.51. The zero-order valence-electron chi connectivity index (χ0n) is 10.3. The second-order valence-corrected chi connectivity index (χ2v) is 4.16. The summed E-state index contributed by atoms with van der Waals surface area (Å²) in [4.78, 5) is 22.4. The number of aryl methyl sites for hydroxylation is 1. The van der Waals surface area contributed by atoms with Gasteiger partial charge in [0.25, 0.3) is 0 Å². The molecule has 0 saturated carbocycles. The summed E-state index contributed by atoms with van der Waals surface area (Å²) in [5, 5.41) is 11.7. The molecular formula is C13H17NO3. The minimum atomic E-state index is -1.38. The molecule has 0 heterocycles. The molecule has 0 saturated heterocycles. The fourth-order valence-electron chi connectivity index (χ4n) is 1.67. The van der Waals surface area contributed by atoms with Crippen molar-refractivity contribution in [3.8, 4) is 0 Å². The zero-order valence-corrected chi connectivity index (χ0v) is 10.3. The van der Waals surface area contributed by atoms with Crippen molar-refractivity contribution in [3.05, 3.63) is 35.4 Å². The van der Waals surface area contributed by atoms with Crippen LogP contribution in [0.2, 0.25) is 0 Å². The predicted molar refractivity (Wildman–Crippen MR) is 64.6 cm³/mol. The van der Waals surface area contributed by atoms with E-state index >= 15 is 0 Å². The number of benzene rings is 1. The van der Waals surface area contributed by atoms with E-state index < -0.39 is 11.5 Å². The predicted octanol–water partition coefficient (Wildman–Crippen LogP) is 1.68. The first kappa shape index (κ1) is 13.2. The number of nitrogens with one attached hydrogen (secondary N) is 1. The second kappa shape index (κ2) is 4.99. The van der Waals surface area contributed by atoms with Gasteiger partial charge in [-0.05, 0) is 24.5 Å². The first-order chi connectivity index (χ1) is 7.90. The number of carboxylic acids is 1. The summed E-state index contributed by atoms with van der Waals surface area (Å²) < 4.78 is 0. The molecule has 17 heavy (non-hydrogen) atoms. The van der Waals surface area contributed by atoms with E-state index in [4.69, 9.17) is 0 Å². The highest BCUT2D eigenvalue weighted by Gasteiger charge is 2.35. The summed E-state index contributed by atoms with van der Waals surface area (Å²) in [5.41, 5.74) is 0.319. The van der Waals surface area contributed by atoms with E-state index in [1.54, 1.807) is 12.1 Å². The van der Waals surface area contributed by atoms with Crippen molar-refractivity contribution in [2.45, 2.75) is 32.7 Å². The Morgan fingerprint density at radius 1 is 1.29 bits per heavy atom. The maximum absolute atomic E-state index is 11.3. The molecule has 1 rings (SSSR count). The molecule has 1 aromatic rings. The molecule has 2 N–H and O–H groups in total. The molecule has 0 aliphatic heterocycles. The minimum absolute atomic E-state index is 0.366. The third-order valence-corrected chi connectivity index (χ3v) is 2.79. The van der Waals surface area contributed by atoms with Crippen LogP contribution in [-0.4, -0.2) is 17.0 Å². The lowest BCUT2D eigenvalue weighted by Crippen LogP contribution is -2.48. The van der Waals surface area contributed by atoms with Crippen LogP contribution in [0.4, 0.5) is 0 Å². The molecule has 0 fully saturated rings. The molecule has 0 aromatic heterocycles. The molecular weight excluding hydrogens is 218 g/mol. The van der Waals surface area contributed by atoms with Gasteiger partial charge >= 0.3 is 5.97 Å². The van der Waals surface area contributed by atoms with Crippen LogP contribution in [-0.2, 0) is 21.5 Å². The van der Waals surface area contributed by atoms with Gasteiger partial charge in [0.2, 0.25) is 5.91 Å². The maximum atomic E-state index is 11.3. The fraction of sp³-hybridized carbons (Fsp3) is 0.385. The number of hydrogen-bond donors (Lipinski definition) is 2. The molecule has 1 amide bonds. The monoisotopic (exact) mass is 235 g/mol. The molecule has 92 valence electrons. The Kier molecular flexibility index (Phi) is 3.89. The van der Waals surface area contributed by atoms with Crippen LogP contribution in [0.15, 0.2) is 24.3 Å². The van der Waals surface area contributed by atoms with Crippen molar-refractivity contribution >= 4 is 11.9 Å². The first-order valence-corrected chi connectivity index (χ1v) is 5.51. The third-order valence-electron chi connectivity index (χ3n) is 2.79. The van der Waals surface area contributed by atoms with Crippen LogP contribution in [0.3, 0.4) is 0 Å². The van der Waals surface area contributed by atoms with Gasteiger partial charge in [0, 0.05) is 6.92 Å². The van der Waals surface area contributed by atoms with Crippen molar-refractivity contribution in [3.63, 3.8) is 0 Å². The quantitative estimate of drug-likeness (QED) is 0.834. The smallest absolute Gasteiger partial charge is 0.333 e. The highest BCUT2D eigenvalue weighted by molar-refractivity contribution is 5.86. The molecule has 0 radical (unpaired) electrons. The lowest BCUT2D eigenvalue weighted by molar-refractivity contribution is -0.147. The normalized spacial score (nSPS) is 13.8. The molecule has 0 aliphatic rings. The van der Waals surface area contributed by atoms with Gasteiger partial charge in [-0.15, -0.1) is 0 Å². The van der Waals surface area contributed by atoms with Crippen molar-refractivity contribution < 1.29 is 14.7 Å². The summed E-state index contributed by atoms with van der Waals surface area (Å²) in [7, 11) is 0. The standard InChI is InChI=1S/C13H17NO3/c1-4-10-5-7-11(8-6-10)13(3,12(16)17)14-9(2)15/h5-8H,4H2,1-3H3,(H,14,15)(H,16,17). The summed E-state index contributed by atoms with van der Waals surface area (Å²) in [6.07, 6.45) is 0.893. The Morgan fingerprint density at radius 3 is 2.18 bits per heavy atom. The lowest BCUT2D eigenvalue weighted by Gasteiger charge is -2.26. The molecule has 1 aromatic carbocycles. The number of hydrogen-bond acceptors (Lipinski definition) is 2. The summed E-state index contributed by atoms with van der Waals surface area (Å²) >= 11 is 0. The average Bonchev–Trinajstić information content (AvgIpc) is 2.28. The molecule has 0 spiro atoms. The Hall–Kier alpha value is -1.84. The Balaban J connectivity index is 3.13. The van der Waals surface area contributed by atoms with Gasteiger partial charge in [-0.1, -0.05) is 31.2 Å². The molecule has 1 atom stereocenters. The van der Waals surface area contributed by atoms with Crippen LogP contribution in [0, 0.1) is 0 Å². The van der Waals surface area contributed by atoms with E-state index in [1.807, 2.05) is 19.1 Å². The number of carbonyl (C=O) groups is 2. The number of aliphatic carboxylic acids is 1. The molecule has 0 aliphatic carbocycles. The van der Waals surface area contributed by atoms with Crippen molar-refractivity contribution in [1.29, 1.82) is 0 Å². The van der Waals surface area contributed by atoms with Crippen LogP contribution in [0.5, 0.6) is 0 Å². The van der Waals surface area contributed by atoms with E-state index in [-0.39, 0.29) is 5.91 Å². The van der Waals surface area contributed by atoms with Crippen LogP contribution < -0.4 is 5.32 Å². The van der Waals surface area contributed by atoms with Gasteiger partial charge in [-0.3, -0.25) is 4.79 Å². The number of amides is 1. The van der Waals surface area contributed by atoms with Gasteiger partial charge in [-0.25, -0.2) is 4.79 Å². The second-order valence-electron chi connectivity index (χ2n) is 4.16. The fourth-order valence-corrected chi connectivity index (χ4v) is 1.67. The topological polar surface area (TPSA) is 66.4 Å². The van der Waals surface area contributed by atoms with E-state index in [0.717, 1.165) is 12.0 Å². The van der Waals surface area contributed by atoms with Gasteiger partial charge < -0.3 is 10.4 Å². The van der Waals surface area contributed by atoms with Crippen molar-refractivity contribution in [2.24, 2.45) is 0 Å². The average molecular weight is 235 g/mol. The summed E-state index contributed by atoms with van der Waals surface area (Å²) in [5.74, 6) is -1.44. The molecule has 0 bridgehead atoms. The van der Waals surface area contributed by atoms with Gasteiger partial charge in [0.15, 0.2) is 5.54 Å². The Morgan fingerprint density at radius 2 is 1.82 bits per heavy atom. The largest absolute Gasteiger partial charge is 0.479 e. The van der Waals surface area contributed by atoms with Gasteiger partial charge in [-0.2, -0.15) is 0 Å². The lowest BCUT2D eigenvalue weighted by atomic mass is 9.91. The van der Waals surface area contributed by atoms with E-state index in [1.165, 1.54) is 13.8 Å². The highest BCUT2D eigenvalue weighted by atomic mass is 16.4. The molecule has 1 unspecified atom stereocenters. The van der Waals surface area contributed by atoms with Crippen LogP contribution in [0.1, 0.15) is 31.9 Å². The zero-order chi connectivity index (χ0) is 13.1. The van der Waals surface area contributed by atoms with Crippen molar-refractivity contribution in [1.82, 2.24) is 5.32 Å². The van der Waals surface area contributed by atoms with Gasteiger partial charge in [0.05, 0.1) is 0 Å². The SMILES string of the molecule is CCc1ccc(C(C)(NC(C)=O)C(=O)O)cc1. The van der Waals surface area contributed by atoms with Crippen LogP contribution in [0.25, 0.3) is 0 Å². The highest BCUT2D eigenvalue weighted by Crippen LogP contribution is 2.21. The molecule has 4 heteroatoms. The minimum Gasteiger partial charge on any atom is -0.479 e. The third kappa shape index (κ3) is 2.84.